The van der Waals surface area contributed by atoms with E-state index < -0.39 is 0 Å². The maximum absolute atomic E-state index is 5.51. The number of likely N-dealkylation sites (N-methyl/N-ethyl adjacent to an activating group) is 1. The predicted octanol–water partition coefficient (Wildman–Crippen LogP) is 1.64. The van der Waals surface area contributed by atoms with Crippen molar-refractivity contribution < 1.29 is 0 Å². The van der Waals surface area contributed by atoms with E-state index in [9.17, 15) is 0 Å². The highest BCUT2D eigenvalue weighted by Crippen LogP contribution is 2.28. The summed E-state index contributed by atoms with van der Waals surface area (Å²) >= 11 is 0. The van der Waals surface area contributed by atoms with Crippen molar-refractivity contribution in [3.8, 4) is 0 Å². The van der Waals surface area contributed by atoms with Crippen LogP contribution < -0.4 is 16.6 Å². The van der Waals surface area contributed by atoms with E-state index in [4.69, 9.17) is 5.84 Å². The molecule has 4 N–H and O–H groups in total. The van der Waals surface area contributed by atoms with Gasteiger partial charge in [-0.2, -0.15) is 0 Å². The fraction of sp³-hybridized carbons (Fsp3) is 0.692. The van der Waals surface area contributed by atoms with E-state index in [2.05, 4.69) is 67.4 Å². The molecule has 0 saturated carbocycles. The second-order valence-corrected chi connectivity index (χ2v) is 5.84. The van der Waals surface area contributed by atoms with Crippen LogP contribution in [0.1, 0.15) is 39.2 Å². The number of nitrogen functional groups attached to an aromatic ring is 1. The van der Waals surface area contributed by atoms with Gasteiger partial charge in [0.1, 0.15) is 18.0 Å². The van der Waals surface area contributed by atoms with Crippen molar-refractivity contribution in [2.45, 2.75) is 39.2 Å². The summed E-state index contributed by atoms with van der Waals surface area (Å²) in [6, 6.07) is 0. The van der Waals surface area contributed by atoms with E-state index >= 15 is 0 Å². The predicted molar refractivity (Wildman–Crippen MR) is 80.2 cm³/mol. The summed E-state index contributed by atoms with van der Waals surface area (Å²) in [5.41, 5.74) is 3.69. The molecule has 0 atom stereocenters. The number of hydrogen-bond acceptors (Lipinski definition) is 6. The highest BCUT2D eigenvalue weighted by Gasteiger charge is 2.22. The summed E-state index contributed by atoms with van der Waals surface area (Å²) in [6.07, 6.45) is 1.52. The minimum absolute atomic E-state index is 0.0372. The standard InChI is InChI=1S/C13H26N6/c1-9(2)10-11(16-8-17-12(10)18-14)15-7-13(3,4)19(5)6/h8-9H,7,14H2,1-6H3,(H2,15,16,17,18). The van der Waals surface area contributed by atoms with Crippen LogP contribution in [0.2, 0.25) is 0 Å². The van der Waals surface area contributed by atoms with Crippen LogP contribution in [0.25, 0.3) is 0 Å². The SMILES string of the molecule is CC(C)c1c(NN)ncnc1NCC(C)(C)N(C)C. The number of nitrogens with two attached hydrogens (primary N) is 1. The highest BCUT2D eigenvalue weighted by atomic mass is 15.3. The number of nitrogens with one attached hydrogen (secondary N) is 2. The molecule has 0 unspecified atom stereocenters. The van der Waals surface area contributed by atoms with Gasteiger partial charge in [0.15, 0.2) is 0 Å². The zero-order valence-electron chi connectivity index (χ0n) is 12.8. The molecule has 1 rings (SSSR count). The summed E-state index contributed by atoms with van der Waals surface area (Å²) in [5.74, 6) is 7.32. The van der Waals surface area contributed by atoms with Crippen molar-refractivity contribution >= 4 is 11.6 Å². The molecule has 0 aliphatic heterocycles. The number of aromatic nitrogens is 2. The van der Waals surface area contributed by atoms with Crippen molar-refractivity contribution in [2.24, 2.45) is 5.84 Å². The van der Waals surface area contributed by atoms with Crippen molar-refractivity contribution in [3.63, 3.8) is 0 Å². The Hall–Kier alpha value is -1.40. The van der Waals surface area contributed by atoms with E-state index in [-0.39, 0.29) is 11.5 Å². The van der Waals surface area contributed by atoms with Crippen LogP contribution in [-0.2, 0) is 0 Å². The van der Waals surface area contributed by atoms with Gasteiger partial charge in [0.05, 0.1) is 0 Å². The van der Waals surface area contributed by atoms with Crippen LogP contribution in [0.15, 0.2) is 6.33 Å². The number of anilines is 2. The van der Waals surface area contributed by atoms with Gasteiger partial charge in [-0.1, -0.05) is 13.8 Å². The van der Waals surface area contributed by atoms with E-state index in [0.29, 0.717) is 5.82 Å². The van der Waals surface area contributed by atoms with Gasteiger partial charge >= 0.3 is 0 Å². The molecule has 0 aromatic carbocycles. The van der Waals surface area contributed by atoms with E-state index in [1.807, 2.05) is 0 Å². The minimum atomic E-state index is 0.0372. The molecule has 6 heteroatoms. The number of rotatable bonds is 6. The van der Waals surface area contributed by atoms with Gasteiger partial charge in [-0.05, 0) is 33.9 Å². The molecule has 0 bridgehead atoms. The van der Waals surface area contributed by atoms with Crippen LogP contribution in [0, 0.1) is 0 Å². The van der Waals surface area contributed by atoms with Gasteiger partial charge in [-0.3, -0.25) is 0 Å². The Bertz CT molecular complexity index is 414. The van der Waals surface area contributed by atoms with Gasteiger partial charge in [-0.15, -0.1) is 0 Å². The largest absolute Gasteiger partial charge is 0.368 e. The lowest BCUT2D eigenvalue weighted by atomic mass is 10.0. The molecule has 0 radical (unpaired) electrons. The van der Waals surface area contributed by atoms with Gasteiger partial charge in [0.25, 0.3) is 0 Å². The van der Waals surface area contributed by atoms with E-state index in [0.717, 1.165) is 17.9 Å². The second-order valence-electron chi connectivity index (χ2n) is 5.84. The number of hydrazine groups is 1. The third-order valence-corrected chi connectivity index (χ3v) is 3.50. The molecule has 1 aromatic heterocycles. The summed E-state index contributed by atoms with van der Waals surface area (Å²) in [6.45, 7) is 9.35. The van der Waals surface area contributed by atoms with Gasteiger partial charge in [0, 0.05) is 17.6 Å². The molecule has 0 aliphatic carbocycles. The molecular formula is C13H26N6. The van der Waals surface area contributed by atoms with Crippen molar-refractivity contribution in [1.29, 1.82) is 0 Å². The molecule has 0 aliphatic rings. The summed E-state index contributed by atoms with van der Waals surface area (Å²) < 4.78 is 0. The first kappa shape index (κ1) is 15.7. The van der Waals surface area contributed by atoms with E-state index in [1.54, 1.807) is 0 Å². The van der Waals surface area contributed by atoms with Crippen LogP contribution in [-0.4, -0.2) is 41.0 Å². The van der Waals surface area contributed by atoms with Crippen molar-refractivity contribution in [3.05, 3.63) is 11.9 Å². The lowest BCUT2D eigenvalue weighted by Crippen LogP contribution is -2.44. The van der Waals surface area contributed by atoms with Gasteiger partial charge < -0.3 is 15.6 Å². The average Bonchev–Trinajstić information content (AvgIpc) is 2.35. The third-order valence-electron chi connectivity index (χ3n) is 3.50. The highest BCUT2D eigenvalue weighted by molar-refractivity contribution is 5.58. The average molecular weight is 266 g/mol. The van der Waals surface area contributed by atoms with Crippen molar-refractivity contribution in [1.82, 2.24) is 14.9 Å². The van der Waals surface area contributed by atoms with Crippen LogP contribution in [0.5, 0.6) is 0 Å². The zero-order valence-corrected chi connectivity index (χ0v) is 12.8. The quantitative estimate of drug-likeness (QED) is 0.536. The summed E-state index contributed by atoms with van der Waals surface area (Å²) in [7, 11) is 4.13. The Morgan fingerprint density at radius 1 is 1.26 bits per heavy atom. The Kier molecular flexibility index (Phi) is 5.08. The Balaban J connectivity index is 2.96. The molecule has 0 fully saturated rings. The van der Waals surface area contributed by atoms with E-state index in [1.165, 1.54) is 6.33 Å². The second kappa shape index (κ2) is 6.16. The molecule has 0 spiro atoms. The molecule has 1 heterocycles. The first-order valence-corrected chi connectivity index (χ1v) is 6.52. The fourth-order valence-electron chi connectivity index (χ4n) is 1.66. The molecule has 108 valence electrons. The Morgan fingerprint density at radius 3 is 2.32 bits per heavy atom. The monoisotopic (exact) mass is 266 g/mol. The van der Waals surface area contributed by atoms with Crippen LogP contribution in [0.3, 0.4) is 0 Å². The number of nitrogens with zero attached hydrogens (tertiary/aromatic N) is 3. The van der Waals surface area contributed by atoms with Crippen molar-refractivity contribution in [2.75, 3.05) is 31.4 Å². The minimum Gasteiger partial charge on any atom is -0.368 e. The summed E-state index contributed by atoms with van der Waals surface area (Å²) in [5, 5.41) is 3.40. The topological polar surface area (TPSA) is 79.1 Å². The first-order chi connectivity index (χ1) is 8.79. The summed E-state index contributed by atoms with van der Waals surface area (Å²) in [4.78, 5) is 10.7. The van der Waals surface area contributed by atoms with Gasteiger partial charge in [0.2, 0.25) is 0 Å². The third kappa shape index (κ3) is 3.78. The normalized spacial score (nSPS) is 12.1. The zero-order chi connectivity index (χ0) is 14.6. The number of hydrogen-bond donors (Lipinski definition) is 3. The first-order valence-electron chi connectivity index (χ1n) is 6.52. The lowest BCUT2D eigenvalue weighted by molar-refractivity contribution is 0.210. The molecule has 0 saturated heterocycles. The molecular weight excluding hydrogens is 240 g/mol. The molecule has 0 amide bonds. The molecule has 1 aromatic rings. The Morgan fingerprint density at radius 2 is 1.84 bits per heavy atom. The maximum atomic E-state index is 5.51. The molecule has 19 heavy (non-hydrogen) atoms. The maximum Gasteiger partial charge on any atom is 0.148 e. The lowest BCUT2D eigenvalue weighted by Gasteiger charge is -2.33. The Labute approximate surface area is 115 Å². The fourth-order valence-corrected chi connectivity index (χ4v) is 1.66. The van der Waals surface area contributed by atoms with Gasteiger partial charge in [-0.25, -0.2) is 15.8 Å². The molecule has 6 nitrogen and oxygen atoms in total. The smallest absolute Gasteiger partial charge is 0.148 e. The van der Waals surface area contributed by atoms with Crippen LogP contribution in [0.4, 0.5) is 11.6 Å². The van der Waals surface area contributed by atoms with Crippen LogP contribution >= 0.6 is 0 Å².